The molecule has 1 fully saturated rings. The number of aromatic nitrogens is 4. The Balaban J connectivity index is 1.49. The normalized spacial score (nSPS) is 17.0. The molecule has 1 aliphatic rings. The van der Waals surface area contributed by atoms with E-state index in [1.54, 1.807) is 0 Å². The maximum Gasteiger partial charge on any atom is 0.394 e. The van der Waals surface area contributed by atoms with Gasteiger partial charge in [-0.2, -0.15) is 13.2 Å². The number of hydrogen-bond donors (Lipinski definition) is 0. The Morgan fingerprint density at radius 3 is 2.47 bits per heavy atom. The number of benzene rings is 2. The summed E-state index contributed by atoms with van der Waals surface area (Å²) in [6, 6.07) is 13.9. The first-order valence-corrected chi connectivity index (χ1v) is 11.7. The molecule has 0 aliphatic carbocycles. The van der Waals surface area contributed by atoms with Crippen LogP contribution in [0.1, 0.15) is 43.5 Å². The minimum Gasteiger partial charge on any atom is -0.299 e. The molecule has 0 bridgehead atoms. The Bertz CT molecular complexity index is 1350. The van der Waals surface area contributed by atoms with Crippen molar-refractivity contribution in [2.75, 3.05) is 13.1 Å². The first-order valence-electron chi connectivity index (χ1n) is 11.7. The van der Waals surface area contributed by atoms with E-state index in [9.17, 15) is 13.2 Å². The molecular weight excluding hydrogens is 439 g/mol. The van der Waals surface area contributed by atoms with E-state index in [-0.39, 0.29) is 12.8 Å². The Labute approximate surface area is 196 Å². The molecule has 5 rings (SSSR count). The van der Waals surface area contributed by atoms with Gasteiger partial charge in [-0.25, -0.2) is 4.68 Å². The maximum absolute atomic E-state index is 13.4. The molecule has 34 heavy (non-hydrogen) atoms. The molecule has 5 nitrogen and oxygen atoms in total. The van der Waals surface area contributed by atoms with E-state index in [0.717, 1.165) is 50.9 Å². The van der Waals surface area contributed by atoms with E-state index in [2.05, 4.69) is 35.1 Å². The summed E-state index contributed by atoms with van der Waals surface area (Å²) in [4.78, 5) is 7.06. The van der Waals surface area contributed by atoms with Crippen molar-refractivity contribution in [1.82, 2.24) is 24.9 Å². The van der Waals surface area contributed by atoms with Crippen LogP contribution in [-0.4, -0.2) is 44.1 Å². The molecule has 0 spiro atoms. The molecule has 0 atom stereocenters. The SMILES string of the molecule is CCc1nc2ccc(-n3nnc4ccccc43)cc2c(C)c1CN1CCC(C)(C(F)(F)F)CC1. The zero-order valence-corrected chi connectivity index (χ0v) is 19.7. The van der Waals surface area contributed by atoms with Crippen molar-refractivity contribution in [2.24, 2.45) is 5.41 Å². The van der Waals surface area contributed by atoms with Crippen LogP contribution in [0.3, 0.4) is 0 Å². The van der Waals surface area contributed by atoms with Crippen LogP contribution in [0.25, 0.3) is 27.6 Å². The number of fused-ring (bicyclic) bond motifs is 2. The van der Waals surface area contributed by atoms with Gasteiger partial charge >= 0.3 is 6.18 Å². The van der Waals surface area contributed by atoms with Crippen LogP contribution in [0.4, 0.5) is 13.2 Å². The molecule has 0 amide bonds. The molecule has 0 radical (unpaired) electrons. The van der Waals surface area contributed by atoms with Crippen molar-refractivity contribution in [3.05, 3.63) is 59.3 Å². The Hall–Kier alpha value is -3.00. The summed E-state index contributed by atoms with van der Waals surface area (Å²) in [5.74, 6) is 0. The molecule has 2 aromatic carbocycles. The van der Waals surface area contributed by atoms with E-state index >= 15 is 0 Å². The van der Waals surface area contributed by atoms with Crippen molar-refractivity contribution >= 4 is 21.9 Å². The largest absolute Gasteiger partial charge is 0.394 e. The summed E-state index contributed by atoms with van der Waals surface area (Å²) in [6.45, 7) is 6.99. The average molecular weight is 468 g/mol. The van der Waals surface area contributed by atoms with Gasteiger partial charge in [-0.05, 0) is 80.7 Å². The zero-order valence-electron chi connectivity index (χ0n) is 19.7. The number of rotatable bonds is 4. The lowest BCUT2D eigenvalue weighted by molar-refractivity contribution is -0.231. The summed E-state index contributed by atoms with van der Waals surface area (Å²) >= 11 is 0. The predicted molar refractivity (Wildman–Crippen MR) is 127 cm³/mol. The molecule has 8 heteroatoms. The Morgan fingerprint density at radius 2 is 1.76 bits per heavy atom. The fourth-order valence-corrected chi connectivity index (χ4v) is 4.92. The standard InChI is InChI=1S/C26H28F3N5/c1-4-21-20(16-33-13-11-25(3,12-14-33)26(27,28)29)17(2)19-15-18(9-10-22(19)30-21)34-24-8-6-5-7-23(24)31-32-34/h5-10,15H,4,11-14,16H2,1-3H3. The van der Waals surface area contributed by atoms with Gasteiger partial charge in [0.2, 0.25) is 0 Å². The molecular formula is C26H28F3N5. The van der Waals surface area contributed by atoms with Crippen LogP contribution in [0.15, 0.2) is 42.5 Å². The van der Waals surface area contributed by atoms with Gasteiger partial charge in [-0.1, -0.05) is 31.2 Å². The van der Waals surface area contributed by atoms with Crippen LogP contribution in [0.5, 0.6) is 0 Å². The van der Waals surface area contributed by atoms with Crippen LogP contribution in [0.2, 0.25) is 0 Å². The third-order valence-corrected chi connectivity index (χ3v) is 7.40. The maximum atomic E-state index is 13.4. The van der Waals surface area contributed by atoms with Crippen molar-refractivity contribution in [3.63, 3.8) is 0 Å². The number of aryl methyl sites for hydroxylation is 2. The minimum atomic E-state index is -4.16. The molecule has 4 aromatic rings. The summed E-state index contributed by atoms with van der Waals surface area (Å²) in [6.07, 6.45) is -3.13. The second-order valence-electron chi connectivity index (χ2n) is 9.54. The Morgan fingerprint density at radius 1 is 1.03 bits per heavy atom. The number of hydrogen-bond acceptors (Lipinski definition) is 4. The minimum absolute atomic E-state index is 0.127. The van der Waals surface area contributed by atoms with Crippen LogP contribution < -0.4 is 0 Å². The lowest BCUT2D eigenvalue weighted by atomic mass is 9.79. The Kier molecular flexibility index (Phi) is 5.59. The highest BCUT2D eigenvalue weighted by molar-refractivity contribution is 5.86. The average Bonchev–Trinajstić information content (AvgIpc) is 3.25. The van der Waals surface area contributed by atoms with E-state index in [1.165, 1.54) is 6.92 Å². The predicted octanol–water partition coefficient (Wildman–Crippen LogP) is 6.00. The van der Waals surface area contributed by atoms with Crippen LogP contribution in [0, 0.1) is 12.3 Å². The van der Waals surface area contributed by atoms with Crippen molar-refractivity contribution < 1.29 is 13.2 Å². The van der Waals surface area contributed by atoms with Gasteiger partial charge in [0.05, 0.1) is 22.1 Å². The number of pyridine rings is 1. The second kappa shape index (κ2) is 8.34. The smallest absolute Gasteiger partial charge is 0.299 e. The van der Waals surface area contributed by atoms with Gasteiger partial charge in [0.15, 0.2) is 0 Å². The van der Waals surface area contributed by atoms with Gasteiger partial charge in [-0.3, -0.25) is 9.88 Å². The van der Waals surface area contributed by atoms with Crippen molar-refractivity contribution in [2.45, 2.75) is 52.8 Å². The first kappa shape index (κ1) is 22.8. The van der Waals surface area contributed by atoms with Crippen molar-refractivity contribution in [3.8, 4) is 5.69 Å². The number of alkyl halides is 3. The lowest BCUT2D eigenvalue weighted by Crippen LogP contribution is -2.46. The number of piperidine rings is 1. The van der Waals surface area contributed by atoms with E-state index in [0.29, 0.717) is 19.6 Å². The number of halogens is 3. The highest BCUT2D eigenvalue weighted by Gasteiger charge is 2.51. The highest BCUT2D eigenvalue weighted by Crippen LogP contribution is 2.46. The third-order valence-electron chi connectivity index (χ3n) is 7.40. The van der Waals surface area contributed by atoms with E-state index in [1.807, 2.05) is 41.1 Å². The van der Waals surface area contributed by atoms with Gasteiger partial charge in [0.25, 0.3) is 0 Å². The molecule has 2 aromatic heterocycles. The van der Waals surface area contributed by atoms with E-state index in [4.69, 9.17) is 4.98 Å². The number of likely N-dealkylation sites (tertiary alicyclic amines) is 1. The molecule has 0 unspecified atom stereocenters. The van der Waals surface area contributed by atoms with Crippen LogP contribution in [-0.2, 0) is 13.0 Å². The van der Waals surface area contributed by atoms with E-state index < -0.39 is 11.6 Å². The highest BCUT2D eigenvalue weighted by atomic mass is 19.4. The van der Waals surface area contributed by atoms with Gasteiger partial charge in [0.1, 0.15) is 5.52 Å². The molecule has 3 heterocycles. The summed E-state index contributed by atoms with van der Waals surface area (Å²) < 4.78 is 42.2. The van der Waals surface area contributed by atoms with Crippen molar-refractivity contribution in [1.29, 1.82) is 0 Å². The number of nitrogens with zero attached hydrogens (tertiary/aromatic N) is 5. The lowest BCUT2D eigenvalue weighted by Gasteiger charge is -2.40. The fraction of sp³-hybridized carbons (Fsp3) is 0.423. The van der Waals surface area contributed by atoms with Gasteiger partial charge < -0.3 is 0 Å². The molecule has 178 valence electrons. The van der Waals surface area contributed by atoms with Crippen LogP contribution >= 0.6 is 0 Å². The third kappa shape index (κ3) is 3.83. The second-order valence-corrected chi connectivity index (χ2v) is 9.54. The summed E-state index contributed by atoms with van der Waals surface area (Å²) in [7, 11) is 0. The topological polar surface area (TPSA) is 46.8 Å². The number of para-hydroxylation sites is 1. The summed E-state index contributed by atoms with van der Waals surface area (Å²) in [5, 5.41) is 9.62. The fourth-order valence-electron chi connectivity index (χ4n) is 4.92. The van der Waals surface area contributed by atoms with Gasteiger partial charge in [-0.15, -0.1) is 5.10 Å². The first-order chi connectivity index (χ1) is 16.2. The quantitative estimate of drug-likeness (QED) is 0.369. The zero-order chi connectivity index (χ0) is 24.1. The molecule has 0 saturated carbocycles. The molecule has 1 saturated heterocycles. The molecule has 1 aliphatic heterocycles. The monoisotopic (exact) mass is 467 g/mol. The molecule has 0 N–H and O–H groups in total. The van der Waals surface area contributed by atoms with Gasteiger partial charge in [0, 0.05) is 17.6 Å². The summed E-state index contributed by atoms with van der Waals surface area (Å²) in [5.41, 5.74) is 5.23.